The van der Waals surface area contributed by atoms with Gasteiger partial charge in [0.1, 0.15) is 0 Å². The molecule has 0 fully saturated rings. The van der Waals surface area contributed by atoms with E-state index in [9.17, 15) is 4.79 Å². The number of hydrogen-bond acceptors (Lipinski definition) is 2. The summed E-state index contributed by atoms with van der Waals surface area (Å²) >= 11 is 15.4. The molecule has 0 aliphatic carbocycles. The van der Waals surface area contributed by atoms with Crippen LogP contribution in [0.15, 0.2) is 16.6 Å². The minimum Gasteiger partial charge on any atom is -0.374 e. The third-order valence-corrected chi connectivity index (χ3v) is 3.88. The van der Waals surface area contributed by atoms with E-state index in [2.05, 4.69) is 40.4 Å². The highest BCUT2D eigenvalue weighted by Gasteiger charge is 2.12. The Morgan fingerprint density at radius 1 is 1.26 bits per heavy atom. The van der Waals surface area contributed by atoms with Crippen LogP contribution in [0.5, 0.6) is 0 Å². The number of rotatable bonds is 5. The smallest absolute Gasteiger partial charge is 0.239 e. The Balaban J connectivity index is 2.60. The van der Waals surface area contributed by atoms with Crippen LogP contribution in [0.4, 0.5) is 5.69 Å². The van der Waals surface area contributed by atoms with Crippen LogP contribution >= 0.6 is 39.1 Å². The Hall–Kier alpha value is -0.450. The molecule has 1 unspecified atom stereocenters. The van der Waals surface area contributed by atoms with Gasteiger partial charge in [0.15, 0.2) is 0 Å². The first-order chi connectivity index (χ1) is 8.81. The summed E-state index contributed by atoms with van der Waals surface area (Å²) < 4.78 is 0.797. The molecule has 19 heavy (non-hydrogen) atoms. The fourth-order valence-electron chi connectivity index (χ4n) is 1.35. The predicted octanol–water partition coefficient (Wildman–Crippen LogP) is 4.33. The minimum atomic E-state index is -0.0868. The van der Waals surface area contributed by atoms with Crippen molar-refractivity contribution < 1.29 is 4.79 Å². The van der Waals surface area contributed by atoms with Gasteiger partial charge in [-0.3, -0.25) is 4.79 Å². The number of nitrogens with one attached hydrogen (secondary N) is 2. The number of carbonyl (C=O) groups excluding carboxylic acids is 1. The number of halogens is 3. The van der Waals surface area contributed by atoms with E-state index in [1.54, 1.807) is 12.1 Å². The van der Waals surface area contributed by atoms with Gasteiger partial charge in [0.05, 0.1) is 22.3 Å². The summed E-state index contributed by atoms with van der Waals surface area (Å²) in [6, 6.07) is 3.58. The third-order valence-electron chi connectivity index (χ3n) is 2.82. The second-order valence-electron chi connectivity index (χ2n) is 4.70. The van der Waals surface area contributed by atoms with E-state index in [0.29, 0.717) is 21.7 Å². The van der Waals surface area contributed by atoms with E-state index < -0.39 is 0 Å². The van der Waals surface area contributed by atoms with Crippen LogP contribution in [0.2, 0.25) is 10.0 Å². The molecule has 0 bridgehead atoms. The number of benzene rings is 1. The summed E-state index contributed by atoms with van der Waals surface area (Å²) in [4.78, 5) is 11.8. The monoisotopic (exact) mass is 366 g/mol. The van der Waals surface area contributed by atoms with Crippen LogP contribution in [-0.2, 0) is 4.79 Å². The molecule has 106 valence electrons. The van der Waals surface area contributed by atoms with Gasteiger partial charge in [-0.15, -0.1) is 0 Å². The Morgan fingerprint density at radius 2 is 1.79 bits per heavy atom. The Kier molecular flexibility index (Phi) is 6.43. The van der Waals surface area contributed by atoms with Gasteiger partial charge in [-0.25, -0.2) is 0 Å². The lowest BCUT2D eigenvalue weighted by Gasteiger charge is -2.18. The van der Waals surface area contributed by atoms with Gasteiger partial charge < -0.3 is 10.6 Å². The molecule has 0 spiro atoms. The summed E-state index contributed by atoms with van der Waals surface area (Å²) in [6.45, 7) is 6.22. The van der Waals surface area contributed by atoms with E-state index in [4.69, 9.17) is 23.2 Å². The van der Waals surface area contributed by atoms with Crippen LogP contribution in [-0.4, -0.2) is 18.5 Å². The highest BCUT2D eigenvalue weighted by Crippen LogP contribution is 2.33. The fraction of sp³-hybridized carbons (Fsp3) is 0.462. The van der Waals surface area contributed by atoms with Crippen molar-refractivity contribution in [2.24, 2.45) is 5.92 Å². The summed E-state index contributed by atoms with van der Waals surface area (Å²) in [7, 11) is 0. The Labute approximate surface area is 132 Å². The highest BCUT2D eigenvalue weighted by molar-refractivity contribution is 9.10. The molecule has 0 saturated heterocycles. The fourth-order valence-corrected chi connectivity index (χ4v) is 2.69. The van der Waals surface area contributed by atoms with Crippen LogP contribution in [0.3, 0.4) is 0 Å². The molecule has 0 heterocycles. The molecular weight excluding hydrogens is 351 g/mol. The quantitative estimate of drug-likeness (QED) is 0.813. The first-order valence-electron chi connectivity index (χ1n) is 5.99. The molecule has 1 atom stereocenters. The van der Waals surface area contributed by atoms with Crippen molar-refractivity contribution in [2.45, 2.75) is 26.8 Å². The lowest BCUT2D eigenvalue weighted by molar-refractivity contribution is -0.120. The molecule has 6 heteroatoms. The zero-order chi connectivity index (χ0) is 14.6. The second-order valence-corrected chi connectivity index (χ2v) is 6.43. The van der Waals surface area contributed by atoms with Crippen LogP contribution in [0.25, 0.3) is 0 Å². The van der Waals surface area contributed by atoms with E-state index >= 15 is 0 Å². The van der Waals surface area contributed by atoms with Crippen LogP contribution in [0, 0.1) is 5.92 Å². The topological polar surface area (TPSA) is 41.1 Å². The van der Waals surface area contributed by atoms with Crippen molar-refractivity contribution in [1.82, 2.24) is 5.32 Å². The van der Waals surface area contributed by atoms with Crippen molar-refractivity contribution in [3.05, 3.63) is 26.7 Å². The summed E-state index contributed by atoms with van der Waals surface area (Å²) in [6.07, 6.45) is 0. The van der Waals surface area contributed by atoms with E-state index in [0.717, 1.165) is 4.47 Å². The van der Waals surface area contributed by atoms with Gasteiger partial charge in [-0.2, -0.15) is 0 Å². The molecule has 3 nitrogen and oxygen atoms in total. The predicted molar refractivity (Wildman–Crippen MR) is 85.1 cm³/mol. The zero-order valence-electron chi connectivity index (χ0n) is 11.1. The van der Waals surface area contributed by atoms with Gasteiger partial charge in [0.2, 0.25) is 5.91 Å². The number of amides is 1. The van der Waals surface area contributed by atoms with Gasteiger partial charge in [0.25, 0.3) is 0 Å². The van der Waals surface area contributed by atoms with Gasteiger partial charge >= 0.3 is 0 Å². The summed E-state index contributed by atoms with van der Waals surface area (Å²) in [5.41, 5.74) is 0.568. The average molecular weight is 368 g/mol. The number of anilines is 1. The van der Waals surface area contributed by atoms with Crippen molar-refractivity contribution in [2.75, 3.05) is 11.9 Å². The first-order valence-corrected chi connectivity index (χ1v) is 7.54. The summed E-state index contributed by atoms with van der Waals surface area (Å²) in [5.74, 6) is 0.306. The molecule has 0 aliphatic rings. The maximum Gasteiger partial charge on any atom is 0.239 e. The van der Waals surface area contributed by atoms with Crippen molar-refractivity contribution in [3.8, 4) is 0 Å². The largest absolute Gasteiger partial charge is 0.374 e. The molecule has 0 saturated carbocycles. The SMILES string of the molecule is CC(C)C(C)NC(=O)CNc1c(Cl)cc(Br)cc1Cl. The zero-order valence-corrected chi connectivity index (χ0v) is 14.2. The van der Waals surface area contributed by atoms with Gasteiger partial charge in [0, 0.05) is 10.5 Å². The minimum absolute atomic E-state index is 0.0868. The summed E-state index contributed by atoms with van der Waals surface area (Å²) in [5, 5.41) is 6.81. The number of hydrogen-bond donors (Lipinski definition) is 2. The molecule has 2 N–H and O–H groups in total. The van der Waals surface area contributed by atoms with E-state index in [1.807, 2.05) is 6.92 Å². The van der Waals surface area contributed by atoms with Gasteiger partial charge in [-0.1, -0.05) is 53.0 Å². The van der Waals surface area contributed by atoms with Crippen LogP contribution in [0.1, 0.15) is 20.8 Å². The van der Waals surface area contributed by atoms with Crippen molar-refractivity contribution in [3.63, 3.8) is 0 Å². The number of carbonyl (C=O) groups is 1. The van der Waals surface area contributed by atoms with E-state index in [-0.39, 0.29) is 18.5 Å². The molecule has 1 amide bonds. The lowest BCUT2D eigenvalue weighted by Crippen LogP contribution is -2.39. The standard InChI is InChI=1S/C13H17BrCl2N2O/c1-7(2)8(3)18-12(19)6-17-13-10(15)4-9(14)5-11(13)16/h4-5,7-8,17H,6H2,1-3H3,(H,18,19). The third kappa shape index (κ3) is 5.21. The average Bonchev–Trinajstić information content (AvgIpc) is 2.27. The molecular formula is C13H17BrCl2N2O. The second kappa shape index (κ2) is 7.36. The normalized spacial score (nSPS) is 12.4. The van der Waals surface area contributed by atoms with Crippen molar-refractivity contribution >= 4 is 50.7 Å². The first kappa shape index (κ1) is 16.6. The highest BCUT2D eigenvalue weighted by atomic mass is 79.9. The molecule has 1 aromatic rings. The molecule has 0 aromatic heterocycles. The van der Waals surface area contributed by atoms with Crippen molar-refractivity contribution in [1.29, 1.82) is 0 Å². The molecule has 1 rings (SSSR count). The maximum absolute atomic E-state index is 11.8. The Morgan fingerprint density at radius 3 is 2.26 bits per heavy atom. The van der Waals surface area contributed by atoms with Gasteiger partial charge in [-0.05, 0) is 25.0 Å². The lowest BCUT2D eigenvalue weighted by atomic mass is 10.1. The van der Waals surface area contributed by atoms with E-state index in [1.165, 1.54) is 0 Å². The molecule has 1 aromatic carbocycles. The maximum atomic E-state index is 11.8. The molecule has 0 aliphatic heterocycles. The van der Waals surface area contributed by atoms with Crippen LogP contribution < -0.4 is 10.6 Å². The molecule has 0 radical (unpaired) electrons. The Bertz CT molecular complexity index is 443.